The van der Waals surface area contributed by atoms with Crippen LogP contribution in [0.15, 0.2) is 67.0 Å². The average molecular weight is 339 g/mol. The van der Waals surface area contributed by atoms with E-state index in [-0.39, 0.29) is 11.7 Å². The van der Waals surface area contributed by atoms with E-state index in [9.17, 15) is 13.6 Å². The zero-order valence-corrected chi connectivity index (χ0v) is 13.2. The Morgan fingerprint density at radius 2 is 1.72 bits per heavy atom. The Morgan fingerprint density at radius 3 is 2.48 bits per heavy atom. The molecule has 3 rings (SSSR count). The lowest BCUT2D eigenvalue weighted by molar-refractivity contribution is 0.102. The van der Waals surface area contributed by atoms with E-state index in [1.165, 1.54) is 36.5 Å². The predicted molar refractivity (Wildman–Crippen MR) is 92.3 cm³/mol. The maximum absolute atomic E-state index is 13.2. The number of carbonyl (C=O) groups excluding carboxylic acids is 1. The molecule has 0 spiro atoms. The Hall–Kier alpha value is -3.28. The van der Waals surface area contributed by atoms with Crippen molar-refractivity contribution in [3.05, 3.63) is 89.8 Å². The lowest BCUT2D eigenvalue weighted by atomic mass is 10.2. The normalized spacial score (nSPS) is 10.3. The molecule has 3 aromatic rings. The molecule has 0 radical (unpaired) electrons. The molecule has 0 saturated carbocycles. The second-order valence-electron chi connectivity index (χ2n) is 5.41. The first-order valence-corrected chi connectivity index (χ1v) is 7.60. The predicted octanol–water partition coefficient (Wildman–Crippen LogP) is 4.22. The first-order valence-electron chi connectivity index (χ1n) is 7.60. The van der Waals surface area contributed by atoms with Crippen LogP contribution in [0.3, 0.4) is 0 Å². The Kier molecular flexibility index (Phi) is 4.99. The van der Waals surface area contributed by atoms with Gasteiger partial charge in [-0.3, -0.25) is 9.78 Å². The number of nitrogens with zero attached hydrogens (tertiary/aromatic N) is 1. The van der Waals surface area contributed by atoms with Gasteiger partial charge in [-0.25, -0.2) is 8.78 Å². The number of rotatable bonds is 5. The SMILES string of the molecule is O=C(Nc1cccc(F)c1)c1cncc(NCc2ccc(F)cc2)c1. The number of carbonyl (C=O) groups is 1. The number of anilines is 2. The largest absolute Gasteiger partial charge is 0.380 e. The van der Waals surface area contributed by atoms with Crippen LogP contribution in [0.2, 0.25) is 0 Å². The molecule has 1 heterocycles. The molecule has 2 N–H and O–H groups in total. The molecule has 0 atom stereocenters. The smallest absolute Gasteiger partial charge is 0.257 e. The Balaban J connectivity index is 1.66. The highest BCUT2D eigenvalue weighted by Gasteiger charge is 2.08. The van der Waals surface area contributed by atoms with Crippen LogP contribution in [-0.4, -0.2) is 10.9 Å². The van der Waals surface area contributed by atoms with Crippen LogP contribution in [0.4, 0.5) is 20.2 Å². The molecule has 1 amide bonds. The van der Waals surface area contributed by atoms with E-state index < -0.39 is 5.82 Å². The number of benzene rings is 2. The van der Waals surface area contributed by atoms with Crippen LogP contribution < -0.4 is 10.6 Å². The summed E-state index contributed by atoms with van der Waals surface area (Å²) in [7, 11) is 0. The van der Waals surface area contributed by atoms with E-state index in [0.717, 1.165) is 5.56 Å². The molecule has 4 nitrogen and oxygen atoms in total. The van der Waals surface area contributed by atoms with Crippen molar-refractivity contribution in [1.29, 1.82) is 0 Å². The van der Waals surface area contributed by atoms with Gasteiger partial charge in [0.05, 0.1) is 11.3 Å². The maximum Gasteiger partial charge on any atom is 0.257 e. The molecule has 1 aromatic heterocycles. The third kappa shape index (κ3) is 4.60. The number of nitrogens with one attached hydrogen (secondary N) is 2. The molecule has 126 valence electrons. The zero-order chi connectivity index (χ0) is 17.6. The van der Waals surface area contributed by atoms with E-state index in [4.69, 9.17) is 0 Å². The fourth-order valence-electron chi connectivity index (χ4n) is 2.24. The highest BCUT2D eigenvalue weighted by Crippen LogP contribution is 2.14. The summed E-state index contributed by atoms with van der Waals surface area (Å²) in [6.07, 6.45) is 3.01. The number of hydrogen-bond acceptors (Lipinski definition) is 3. The Morgan fingerprint density at radius 1 is 0.920 bits per heavy atom. The first kappa shape index (κ1) is 16.6. The Bertz CT molecular complexity index is 882. The highest BCUT2D eigenvalue weighted by atomic mass is 19.1. The van der Waals surface area contributed by atoms with Gasteiger partial charge in [0.15, 0.2) is 0 Å². The van der Waals surface area contributed by atoms with Crippen LogP contribution in [-0.2, 0) is 6.54 Å². The van der Waals surface area contributed by atoms with E-state index in [1.807, 2.05) is 0 Å². The van der Waals surface area contributed by atoms with Crippen molar-refractivity contribution >= 4 is 17.3 Å². The Labute approximate surface area is 143 Å². The van der Waals surface area contributed by atoms with Crippen molar-refractivity contribution in [1.82, 2.24) is 4.98 Å². The fourth-order valence-corrected chi connectivity index (χ4v) is 2.24. The van der Waals surface area contributed by atoms with Crippen molar-refractivity contribution in [2.75, 3.05) is 10.6 Å². The van der Waals surface area contributed by atoms with Gasteiger partial charge in [0, 0.05) is 24.6 Å². The molecule has 25 heavy (non-hydrogen) atoms. The quantitative estimate of drug-likeness (QED) is 0.732. The summed E-state index contributed by atoms with van der Waals surface area (Å²) < 4.78 is 26.1. The third-order valence-corrected chi connectivity index (χ3v) is 3.49. The molecule has 0 unspecified atom stereocenters. The molecule has 0 aliphatic rings. The summed E-state index contributed by atoms with van der Waals surface area (Å²) >= 11 is 0. The minimum atomic E-state index is -0.425. The molecule has 0 aliphatic carbocycles. The molecule has 6 heteroatoms. The zero-order valence-electron chi connectivity index (χ0n) is 13.2. The topological polar surface area (TPSA) is 54.0 Å². The minimum absolute atomic E-state index is 0.290. The second kappa shape index (κ2) is 7.53. The van der Waals surface area contributed by atoms with Gasteiger partial charge in [0.25, 0.3) is 5.91 Å². The van der Waals surface area contributed by atoms with Crippen LogP contribution in [0.5, 0.6) is 0 Å². The van der Waals surface area contributed by atoms with Crippen LogP contribution in [0.1, 0.15) is 15.9 Å². The molecule has 0 saturated heterocycles. The van der Waals surface area contributed by atoms with E-state index in [1.54, 1.807) is 30.5 Å². The number of aromatic nitrogens is 1. The van der Waals surface area contributed by atoms with Gasteiger partial charge in [-0.2, -0.15) is 0 Å². The third-order valence-electron chi connectivity index (χ3n) is 3.49. The summed E-state index contributed by atoms with van der Waals surface area (Å²) in [4.78, 5) is 16.3. The van der Waals surface area contributed by atoms with Gasteiger partial charge in [-0.15, -0.1) is 0 Å². The molecular formula is C19H15F2N3O. The van der Waals surface area contributed by atoms with Crippen molar-refractivity contribution < 1.29 is 13.6 Å². The summed E-state index contributed by atoms with van der Waals surface area (Å²) in [5, 5.41) is 5.74. The standard InChI is InChI=1S/C19H15F2N3O/c20-15-6-4-13(5-7-15)10-23-18-8-14(11-22-12-18)19(25)24-17-3-1-2-16(21)9-17/h1-9,11-12,23H,10H2,(H,24,25). The molecule has 0 bridgehead atoms. The molecule has 0 fully saturated rings. The van der Waals surface area contributed by atoms with Crippen molar-refractivity contribution in [2.24, 2.45) is 0 Å². The van der Waals surface area contributed by atoms with Crippen LogP contribution >= 0.6 is 0 Å². The van der Waals surface area contributed by atoms with E-state index in [2.05, 4.69) is 15.6 Å². The lowest BCUT2D eigenvalue weighted by Gasteiger charge is -2.09. The first-order chi connectivity index (χ1) is 12.1. The van der Waals surface area contributed by atoms with Crippen molar-refractivity contribution in [2.45, 2.75) is 6.54 Å². The second-order valence-corrected chi connectivity index (χ2v) is 5.41. The number of amides is 1. The maximum atomic E-state index is 13.2. The van der Waals surface area contributed by atoms with Gasteiger partial charge in [-0.1, -0.05) is 18.2 Å². The molecular weight excluding hydrogens is 324 g/mol. The van der Waals surface area contributed by atoms with Crippen molar-refractivity contribution in [3.8, 4) is 0 Å². The average Bonchev–Trinajstić information content (AvgIpc) is 2.61. The van der Waals surface area contributed by atoms with Gasteiger partial charge in [-0.05, 0) is 42.0 Å². The summed E-state index contributed by atoms with van der Waals surface area (Å²) in [6, 6.07) is 13.4. The lowest BCUT2D eigenvalue weighted by Crippen LogP contribution is -2.13. The summed E-state index contributed by atoms with van der Waals surface area (Å²) in [5.41, 5.74) is 2.26. The van der Waals surface area contributed by atoms with E-state index >= 15 is 0 Å². The monoisotopic (exact) mass is 339 g/mol. The fraction of sp³-hybridized carbons (Fsp3) is 0.0526. The number of halogens is 2. The van der Waals surface area contributed by atoms with E-state index in [0.29, 0.717) is 23.5 Å². The highest BCUT2D eigenvalue weighted by molar-refractivity contribution is 6.04. The number of hydrogen-bond donors (Lipinski definition) is 2. The minimum Gasteiger partial charge on any atom is -0.380 e. The van der Waals surface area contributed by atoms with Gasteiger partial charge >= 0.3 is 0 Å². The number of pyridine rings is 1. The van der Waals surface area contributed by atoms with Crippen LogP contribution in [0, 0.1) is 11.6 Å². The van der Waals surface area contributed by atoms with Gasteiger partial charge < -0.3 is 10.6 Å². The molecule has 2 aromatic carbocycles. The summed E-state index contributed by atoms with van der Waals surface area (Å²) in [5.74, 6) is -1.10. The van der Waals surface area contributed by atoms with Gasteiger partial charge in [0.1, 0.15) is 11.6 Å². The van der Waals surface area contributed by atoms with Crippen molar-refractivity contribution in [3.63, 3.8) is 0 Å². The van der Waals surface area contributed by atoms with Crippen LogP contribution in [0.25, 0.3) is 0 Å². The molecule has 0 aliphatic heterocycles. The summed E-state index contributed by atoms with van der Waals surface area (Å²) in [6.45, 7) is 0.469. The van der Waals surface area contributed by atoms with Gasteiger partial charge in [0.2, 0.25) is 0 Å².